The van der Waals surface area contributed by atoms with Crippen LogP contribution in [0.1, 0.15) is 26.3 Å². The molecule has 0 radical (unpaired) electrons. The van der Waals surface area contributed by atoms with Crippen molar-refractivity contribution in [2.24, 2.45) is 0 Å². The van der Waals surface area contributed by atoms with Crippen LogP contribution in [0.15, 0.2) is 30.3 Å². The lowest BCUT2D eigenvalue weighted by molar-refractivity contribution is -0.919. The Labute approximate surface area is 99.9 Å². The van der Waals surface area contributed by atoms with Crippen molar-refractivity contribution in [3.8, 4) is 0 Å². The first-order valence-corrected chi connectivity index (χ1v) is 5.66. The van der Waals surface area contributed by atoms with Crippen molar-refractivity contribution in [3.63, 3.8) is 0 Å². The molecule has 0 saturated carbocycles. The van der Waals surface area contributed by atoms with Gasteiger partial charge in [0.15, 0.2) is 0 Å². The zero-order valence-corrected chi connectivity index (χ0v) is 10.7. The van der Waals surface area contributed by atoms with Crippen LogP contribution < -0.4 is 17.3 Å². The van der Waals surface area contributed by atoms with E-state index in [0.29, 0.717) is 0 Å². The summed E-state index contributed by atoms with van der Waals surface area (Å²) in [5.74, 6) is 0. The number of hydrogen-bond acceptors (Lipinski definition) is 0. The quantitative estimate of drug-likeness (QED) is 0.628. The van der Waals surface area contributed by atoms with Crippen molar-refractivity contribution >= 4 is 0 Å². The maximum Gasteiger partial charge on any atom is 0.0886 e. The molecule has 86 valence electrons. The SMILES string of the molecule is CC[NH+](CC)C(C)Cc1ccccc1.[Cl-]. The number of benzene rings is 1. The Kier molecular flexibility index (Phi) is 7.45. The molecule has 0 aliphatic heterocycles. The Hall–Kier alpha value is -0.530. The van der Waals surface area contributed by atoms with Crippen LogP contribution in [0.2, 0.25) is 0 Å². The van der Waals surface area contributed by atoms with Crippen molar-refractivity contribution in [2.75, 3.05) is 13.1 Å². The maximum atomic E-state index is 2.34. The van der Waals surface area contributed by atoms with E-state index in [-0.39, 0.29) is 12.4 Å². The van der Waals surface area contributed by atoms with Crippen molar-refractivity contribution in [3.05, 3.63) is 35.9 Å². The monoisotopic (exact) mass is 227 g/mol. The predicted octanol–water partition coefficient (Wildman–Crippen LogP) is -1.45. The van der Waals surface area contributed by atoms with Gasteiger partial charge in [-0.05, 0) is 26.3 Å². The molecular formula is C13H22ClN. The summed E-state index contributed by atoms with van der Waals surface area (Å²) >= 11 is 0. The zero-order valence-electron chi connectivity index (χ0n) is 9.96. The second kappa shape index (κ2) is 7.72. The lowest BCUT2D eigenvalue weighted by Gasteiger charge is -2.23. The van der Waals surface area contributed by atoms with Gasteiger partial charge < -0.3 is 17.3 Å². The van der Waals surface area contributed by atoms with Crippen LogP contribution in [0.4, 0.5) is 0 Å². The Morgan fingerprint density at radius 2 is 1.60 bits per heavy atom. The molecule has 1 unspecified atom stereocenters. The predicted molar refractivity (Wildman–Crippen MR) is 61.7 cm³/mol. The molecule has 1 N–H and O–H groups in total. The molecule has 15 heavy (non-hydrogen) atoms. The van der Waals surface area contributed by atoms with Crippen LogP contribution >= 0.6 is 0 Å². The summed E-state index contributed by atoms with van der Waals surface area (Å²) < 4.78 is 0. The van der Waals surface area contributed by atoms with Gasteiger partial charge in [-0.2, -0.15) is 0 Å². The van der Waals surface area contributed by atoms with Crippen molar-refractivity contribution in [2.45, 2.75) is 33.2 Å². The van der Waals surface area contributed by atoms with Gasteiger partial charge in [0.2, 0.25) is 0 Å². The van der Waals surface area contributed by atoms with Gasteiger partial charge in [-0.1, -0.05) is 30.3 Å². The smallest absolute Gasteiger partial charge is 0.0886 e. The van der Waals surface area contributed by atoms with E-state index in [2.05, 4.69) is 51.1 Å². The highest BCUT2D eigenvalue weighted by atomic mass is 35.5. The van der Waals surface area contributed by atoms with Crippen LogP contribution in [0, 0.1) is 0 Å². The molecule has 1 nitrogen and oxygen atoms in total. The van der Waals surface area contributed by atoms with Gasteiger partial charge in [0.25, 0.3) is 0 Å². The molecule has 0 aliphatic carbocycles. The Morgan fingerprint density at radius 1 is 1.07 bits per heavy atom. The zero-order chi connectivity index (χ0) is 10.4. The van der Waals surface area contributed by atoms with Crippen LogP contribution in [-0.2, 0) is 6.42 Å². The summed E-state index contributed by atoms with van der Waals surface area (Å²) in [4.78, 5) is 1.69. The number of halogens is 1. The highest BCUT2D eigenvalue weighted by Crippen LogP contribution is 2.00. The molecule has 1 rings (SSSR count). The van der Waals surface area contributed by atoms with Gasteiger partial charge in [-0.3, -0.25) is 0 Å². The topological polar surface area (TPSA) is 4.44 Å². The van der Waals surface area contributed by atoms with Gasteiger partial charge in [0.05, 0.1) is 19.1 Å². The third-order valence-corrected chi connectivity index (χ3v) is 2.99. The van der Waals surface area contributed by atoms with Gasteiger partial charge in [-0.15, -0.1) is 0 Å². The summed E-state index contributed by atoms with van der Waals surface area (Å²) in [6, 6.07) is 11.5. The van der Waals surface area contributed by atoms with Gasteiger partial charge in [0.1, 0.15) is 0 Å². The van der Waals surface area contributed by atoms with E-state index in [1.54, 1.807) is 4.90 Å². The molecule has 2 heteroatoms. The van der Waals surface area contributed by atoms with Crippen LogP contribution in [0.5, 0.6) is 0 Å². The Bertz CT molecular complexity index is 244. The Morgan fingerprint density at radius 3 is 2.07 bits per heavy atom. The summed E-state index contributed by atoms with van der Waals surface area (Å²) in [5.41, 5.74) is 1.46. The lowest BCUT2D eigenvalue weighted by Crippen LogP contribution is -3.15. The fraction of sp³-hybridized carbons (Fsp3) is 0.538. The second-order valence-corrected chi connectivity index (χ2v) is 3.96. The molecule has 0 heterocycles. The molecule has 0 amide bonds. The summed E-state index contributed by atoms with van der Waals surface area (Å²) in [6.07, 6.45) is 1.19. The van der Waals surface area contributed by atoms with E-state index in [0.717, 1.165) is 6.04 Å². The van der Waals surface area contributed by atoms with Crippen LogP contribution in [0.25, 0.3) is 0 Å². The van der Waals surface area contributed by atoms with Crippen molar-refractivity contribution < 1.29 is 17.3 Å². The summed E-state index contributed by atoms with van der Waals surface area (Å²) in [7, 11) is 0. The van der Waals surface area contributed by atoms with E-state index in [9.17, 15) is 0 Å². The van der Waals surface area contributed by atoms with E-state index in [1.165, 1.54) is 25.1 Å². The summed E-state index contributed by atoms with van der Waals surface area (Å²) in [6.45, 7) is 9.32. The molecular weight excluding hydrogens is 206 g/mol. The van der Waals surface area contributed by atoms with Crippen molar-refractivity contribution in [1.82, 2.24) is 0 Å². The minimum atomic E-state index is 0. The summed E-state index contributed by atoms with van der Waals surface area (Å²) in [5, 5.41) is 0. The maximum absolute atomic E-state index is 2.34. The standard InChI is InChI=1S/C13H21N.ClH/c1-4-14(5-2)12(3)11-13-9-7-6-8-10-13;/h6-10,12H,4-5,11H2,1-3H3;1H. The largest absolute Gasteiger partial charge is 1.00 e. The normalized spacial score (nSPS) is 12.3. The van der Waals surface area contributed by atoms with E-state index < -0.39 is 0 Å². The number of nitrogens with one attached hydrogen (secondary N) is 1. The molecule has 0 saturated heterocycles. The fourth-order valence-electron chi connectivity index (χ4n) is 2.06. The van der Waals surface area contributed by atoms with Crippen LogP contribution in [-0.4, -0.2) is 19.1 Å². The molecule has 1 aromatic carbocycles. The number of rotatable bonds is 5. The molecule has 0 aromatic heterocycles. The highest BCUT2D eigenvalue weighted by Gasteiger charge is 2.13. The fourth-order valence-corrected chi connectivity index (χ4v) is 2.06. The van der Waals surface area contributed by atoms with E-state index >= 15 is 0 Å². The van der Waals surface area contributed by atoms with Crippen LogP contribution in [0.3, 0.4) is 0 Å². The minimum absolute atomic E-state index is 0. The minimum Gasteiger partial charge on any atom is -1.00 e. The Balaban J connectivity index is 0.00000196. The number of likely N-dealkylation sites (N-methyl/N-ethyl adjacent to an activating group) is 1. The average molecular weight is 228 g/mol. The molecule has 0 bridgehead atoms. The molecule has 1 aromatic rings. The number of hydrogen-bond donors (Lipinski definition) is 1. The molecule has 0 fully saturated rings. The third kappa shape index (κ3) is 4.67. The van der Waals surface area contributed by atoms with Gasteiger partial charge in [0, 0.05) is 6.42 Å². The number of quaternary nitrogens is 1. The van der Waals surface area contributed by atoms with E-state index in [1.807, 2.05) is 0 Å². The first-order chi connectivity index (χ1) is 6.77. The first kappa shape index (κ1) is 14.5. The average Bonchev–Trinajstić information content (AvgIpc) is 2.21. The molecule has 1 atom stereocenters. The van der Waals surface area contributed by atoms with E-state index in [4.69, 9.17) is 0 Å². The highest BCUT2D eigenvalue weighted by molar-refractivity contribution is 5.15. The van der Waals surface area contributed by atoms with Gasteiger partial charge >= 0.3 is 0 Å². The lowest BCUT2D eigenvalue weighted by atomic mass is 10.1. The molecule has 0 spiro atoms. The van der Waals surface area contributed by atoms with Crippen molar-refractivity contribution in [1.29, 1.82) is 0 Å². The third-order valence-electron chi connectivity index (χ3n) is 2.99. The second-order valence-electron chi connectivity index (χ2n) is 3.96. The molecule has 0 aliphatic rings. The first-order valence-electron chi connectivity index (χ1n) is 5.66. The van der Waals surface area contributed by atoms with Gasteiger partial charge in [-0.25, -0.2) is 0 Å².